The summed E-state index contributed by atoms with van der Waals surface area (Å²) in [6.45, 7) is 4.25. The summed E-state index contributed by atoms with van der Waals surface area (Å²) in [4.78, 5) is 17.2. The van der Waals surface area contributed by atoms with Crippen LogP contribution in [-0.4, -0.2) is 59.4 Å². The quantitative estimate of drug-likeness (QED) is 0.750. The van der Waals surface area contributed by atoms with Crippen LogP contribution in [0.5, 0.6) is 0 Å². The number of fused-ring (bicyclic) bond motifs is 1. The van der Waals surface area contributed by atoms with Crippen molar-refractivity contribution < 1.29 is 4.79 Å². The van der Waals surface area contributed by atoms with Gasteiger partial charge in [-0.1, -0.05) is 49.9 Å². The van der Waals surface area contributed by atoms with Gasteiger partial charge in [-0.2, -0.15) is 0 Å². The summed E-state index contributed by atoms with van der Waals surface area (Å²) in [5.74, 6) is 2.01. The van der Waals surface area contributed by atoms with Gasteiger partial charge >= 0.3 is 6.03 Å². The number of anilines is 2. The van der Waals surface area contributed by atoms with Crippen LogP contribution in [0.15, 0.2) is 0 Å². The highest BCUT2D eigenvalue weighted by Gasteiger charge is 2.35. The minimum atomic E-state index is -0.146. The lowest BCUT2D eigenvalue weighted by atomic mass is 9.69. The van der Waals surface area contributed by atoms with Crippen LogP contribution >= 0.6 is 11.3 Å². The lowest BCUT2D eigenvalue weighted by molar-refractivity contribution is 0.0705. The molecule has 166 valence electrons. The molecular formula is C22H36N6OS. The Bertz CT molecular complexity index is 712. The number of nitrogens with one attached hydrogen (secondary N) is 2. The molecule has 3 atom stereocenters. The molecule has 8 heteroatoms. The normalized spacial score (nSPS) is 30.8. The number of piperazine rings is 1. The third kappa shape index (κ3) is 4.74. The number of hydrogen-bond acceptors (Lipinski definition) is 6. The molecule has 7 nitrogen and oxygen atoms in total. The van der Waals surface area contributed by atoms with Crippen LogP contribution in [0.3, 0.4) is 0 Å². The van der Waals surface area contributed by atoms with Gasteiger partial charge in [0.15, 0.2) is 0 Å². The van der Waals surface area contributed by atoms with Gasteiger partial charge in [-0.05, 0) is 43.9 Å². The van der Waals surface area contributed by atoms with Gasteiger partial charge in [0, 0.05) is 38.3 Å². The topological polar surface area (TPSA) is 73.4 Å². The highest BCUT2D eigenvalue weighted by Crippen LogP contribution is 2.42. The van der Waals surface area contributed by atoms with Crippen LogP contribution in [0.4, 0.5) is 15.1 Å². The number of rotatable bonds is 4. The second-order valence-corrected chi connectivity index (χ2v) is 10.7. The predicted octanol–water partition coefficient (Wildman–Crippen LogP) is 4.08. The zero-order valence-electron chi connectivity index (χ0n) is 18.0. The highest BCUT2D eigenvalue weighted by molar-refractivity contribution is 7.19. The fourth-order valence-electron chi connectivity index (χ4n) is 6.24. The maximum atomic E-state index is 12.2. The Morgan fingerprint density at radius 2 is 1.60 bits per heavy atom. The van der Waals surface area contributed by atoms with E-state index in [9.17, 15) is 4.79 Å². The van der Waals surface area contributed by atoms with Crippen LogP contribution in [0.1, 0.15) is 70.6 Å². The zero-order chi connectivity index (χ0) is 20.3. The van der Waals surface area contributed by atoms with E-state index in [2.05, 4.69) is 30.6 Å². The average Bonchev–Trinajstić information content (AvgIpc) is 3.46. The van der Waals surface area contributed by atoms with Crippen LogP contribution < -0.4 is 15.5 Å². The number of amides is 2. The molecule has 1 aromatic rings. The molecule has 4 aliphatic rings. The number of carbonyl (C=O) groups excluding carboxylic acids is 1. The summed E-state index contributed by atoms with van der Waals surface area (Å²) in [6, 6.07) is 0.958. The van der Waals surface area contributed by atoms with Crippen LogP contribution in [0.25, 0.3) is 0 Å². The SMILES string of the molecule is O=C(Nc1nnc(N2CCN(C3CCC4CCCCC4C3)CC2)s1)NC1CCCC1. The summed E-state index contributed by atoms with van der Waals surface area (Å²) < 4.78 is 0. The van der Waals surface area contributed by atoms with Gasteiger partial charge in [-0.15, -0.1) is 10.2 Å². The molecule has 1 aromatic heterocycles. The maximum absolute atomic E-state index is 12.2. The Hall–Kier alpha value is -1.41. The number of aromatic nitrogens is 2. The maximum Gasteiger partial charge on any atom is 0.321 e. The van der Waals surface area contributed by atoms with E-state index in [1.807, 2.05) is 0 Å². The van der Waals surface area contributed by atoms with Crippen molar-refractivity contribution in [2.24, 2.45) is 11.8 Å². The summed E-state index contributed by atoms with van der Waals surface area (Å²) in [5, 5.41) is 16.0. The summed E-state index contributed by atoms with van der Waals surface area (Å²) in [6.07, 6.45) is 14.7. The first-order chi connectivity index (χ1) is 14.7. The molecule has 2 N–H and O–H groups in total. The third-order valence-electron chi connectivity index (χ3n) is 7.94. The first-order valence-corrected chi connectivity index (χ1v) is 13.0. The van der Waals surface area contributed by atoms with Crippen LogP contribution in [0.2, 0.25) is 0 Å². The Morgan fingerprint density at radius 3 is 2.40 bits per heavy atom. The number of urea groups is 1. The summed E-state index contributed by atoms with van der Waals surface area (Å²) in [5.41, 5.74) is 0. The molecule has 1 aliphatic heterocycles. The minimum Gasteiger partial charge on any atom is -0.344 e. The van der Waals surface area contributed by atoms with E-state index in [0.717, 1.165) is 62.0 Å². The first kappa shape index (κ1) is 20.5. The Morgan fingerprint density at radius 1 is 0.867 bits per heavy atom. The van der Waals surface area contributed by atoms with Crippen molar-refractivity contribution in [1.29, 1.82) is 0 Å². The average molecular weight is 433 g/mol. The third-order valence-corrected chi connectivity index (χ3v) is 8.84. The second kappa shape index (κ2) is 9.39. The molecule has 2 heterocycles. The molecule has 3 saturated carbocycles. The predicted molar refractivity (Wildman–Crippen MR) is 121 cm³/mol. The molecule has 3 unspecified atom stereocenters. The fraction of sp³-hybridized carbons (Fsp3) is 0.864. The lowest BCUT2D eigenvalue weighted by Crippen LogP contribution is -2.52. The standard InChI is InChI=1S/C22H36N6OS/c29-20(23-18-7-3-4-8-18)24-21-25-26-22(30-21)28-13-11-27(12-14-28)19-10-9-16-5-1-2-6-17(16)15-19/h16-19H,1-15H2,(H2,23,24,25,29). The number of nitrogens with zero attached hydrogens (tertiary/aromatic N) is 4. The largest absolute Gasteiger partial charge is 0.344 e. The summed E-state index contributed by atoms with van der Waals surface area (Å²) >= 11 is 1.49. The molecule has 2 amide bonds. The van der Waals surface area contributed by atoms with Gasteiger partial charge in [-0.25, -0.2) is 4.79 Å². The summed E-state index contributed by atoms with van der Waals surface area (Å²) in [7, 11) is 0. The molecule has 0 aromatic carbocycles. The molecule has 0 spiro atoms. The van der Waals surface area contributed by atoms with Crippen molar-refractivity contribution in [3.05, 3.63) is 0 Å². The van der Waals surface area contributed by atoms with Crippen LogP contribution in [-0.2, 0) is 0 Å². The van der Waals surface area contributed by atoms with E-state index < -0.39 is 0 Å². The number of hydrogen-bond donors (Lipinski definition) is 2. The van der Waals surface area contributed by atoms with E-state index in [1.54, 1.807) is 0 Å². The first-order valence-electron chi connectivity index (χ1n) is 12.1. The Kier molecular flexibility index (Phi) is 6.41. The second-order valence-electron chi connectivity index (χ2n) is 9.76. The highest BCUT2D eigenvalue weighted by atomic mass is 32.1. The molecule has 1 saturated heterocycles. The van der Waals surface area contributed by atoms with E-state index in [4.69, 9.17) is 0 Å². The molecule has 0 bridgehead atoms. The molecule has 0 radical (unpaired) electrons. The monoisotopic (exact) mass is 432 g/mol. The van der Waals surface area contributed by atoms with Gasteiger partial charge in [0.05, 0.1) is 0 Å². The molecular weight excluding hydrogens is 396 g/mol. The van der Waals surface area contributed by atoms with Gasteiger partial charge in [0.2, 0.25) is 10.3 Å². The lowest BCUT2D eigenvalue weighted by Gasteiger charge is -2.46. The van der Waals surface area contributed by atoms with Crippen molar-refractivity contribution >= 4 is 27.6 Å². The van der Waals surface area contributed by atoms with Gasteiger partial charge in [0.25, 0.3) is 0 Å². The van der Waals surface area contributed by atoms with Crippen molar-refractivity contribution in [3.63, 3.8) is 0 Å². The van der Waals surface area contributed by atoms with E-state index in [1.165, 1.54) is 69.1 Å². The molecule has 30 heavy (non-hydrogen) atoms. The molecule has 5 rings (SSSR count). The van der Waals surface area contributed by atoms with E-state index in [0.29, 0.717) is 11.2 Å². The van der Waals surface area contributed by atoms with Crippen LogP contribution in [0, 0.1) is 11.8 Å². The smallest absolute Gasteiger partial charge is 0.321 e. The van der Waals surface area contributed by atoms with Crippen molar-refractivity contribution in [3.8, 4) is 0 Å². The van der Waals surface area contributed by atoms with E-state index in [-0.39, 0.29) is 6.03 Å². The van der Waals surface area contributed by atoms with Gasteiger partial charge in [-0.3, -0.25) is 10.2 Å². The minimum absolute atomic E-state index is 0.146. The van der Waals surface area contributed by atoms with Gasteiger partial charge in [0.1, 0.15) is 0 Å². The Labute approximate surface area is 184 Å². The van der Waals surface area contributed by atoms with Gasteiger partial charge < -0.3 is 10.2 Å². The van der Waals surface area contributed by atoms with Crippen molar-refractivity contribution in [2.45, 2.75) is 82.7 Å². The van der Waals surface area contributed by atoms with Crippen molar-refractivity contribution in [1.82, 2.24) is 20.4 Å². The molecule has 3 aliphatic carbocycles. The number of carbonyl (C=O) groups is 1. The van der Waals surface area contributed by atoms with Crippen molar-refractivity contribution in [2.75, 3.05) is 36.4 Å². The molecule has 4 fully saturated rings. The van der Waals surface area contributed by atoms with E-state index >= 15 is 0 Å². The Balaban J connectivity index is 1.09. The zero-order valence-corrected chi connectivity index (χ0v) is 18.8. The fourth-order valence-corrected chi connectivity index (χ4v) is 7.03.